The number of ether oxygens (including phenoxy) is 1. The lowest BCUT2D eigenvalue weighted by molar-refractivity contribution is -0.131. The second-order valence-electron chi connectivity index (χ2n) is 3.86. The number of carbonyl (C=O) groups is 1. The van der Waals surface area contributed by atoms with Crippen LogP contribution in [0.3, 0.4) is 0 Å². The molecule has 1 N–H and O–H groups in total. The van der Waals surface area contributed by atoms with Crippen LogP contribution < -0.4 is 4.74 Å². The van der Waals surface area contributed by atoms with Crippen molar-refractivity contribution >= 4 is 12.0 Å². The van der Waals surface area contributed by atoms with E-state index in [4.69, 9.17) is 9.84 Å². The average molecular weight is 235 g/mol. The highest BCUT2D eigenvalue weighted by molar-refractivity contribution is 5.85. The molecule has 0 aromatic heterocycles. The lowest BCUT2D eigenvalue weighted by atomic mass is 10.2. The van der Waals surface area contributed by atoms with Crippen LogP contribution in [-0.2, 0) is 4.79 Å². The van der Waals surface area contributed by atoms with Gasteiger partial charge in [-0.15, -0.1) is 0 Å². The van der Waals surface area contributed by atoms with Gasteiger partial charge in [0.25, 0.3) is 0 Å². The van der Waals surface area contributed by atoms with Crippen molar-refractivity contribution in [2.45, 2.75) is 0 Å². The minimum Gasteiger partial charge on any atom is -0.492 e. The zero-order chi connectivity index (χ0) is 12.7. The number of rotatable bonds is 6. The number of carboxylic acids is 1. The summed E-state index contributed by atoms with van der Waals surface area (Å²) in [5.74, 6) is -0.264. The van der Waals surface area contributed by atoms with E-state index < -0.39 is 5.97 Å². The zero-order valence-corrected chi connectivity index (χ0v) is 10.1. The van der Waals surface area contributed by atoms with E-state index in [9.17, 15) is 4.79 Å². The highest BCUT2D eigenvalue weighted by Crippen LogP contribution is 2.19. The van der Waals surface area contributed by atoms with E-state index >= 15 is 0 Å². The molecule has 0 aliphatic carbocycles. The van der Waals surface area contributed by atoms with E-state index in [0.29, 0.717) is 12.4 Å². The predicted molar refractivity (Wildman–Crippen MR) is 67.2 cm³/mol. The molecule has 0 amide bonds. The fourth-order valence-corrected chi connectivity index (χ4v) is 1.25. The summed E-state index contributed by atoms with van der Waals surface area (Å²) in [6, 6.07) is 7.37. The molecule has 0 bridgehead atoms. The Morgan fingerprint density at radius 2 is 2.12 bits per heavy atom. The smallest absolute Gasteiger partial charge is 0.328 e. The summed E-state index contributed by atoms with van der Waals surface area (Å²) < 4.78 is 5.59. The van der Waals surface area contributed by atoms with Gasteiger partial charge in [-0.05, 0) is 26.2 Å². The molecule has 4 heteroatoms. The zero-order valence-electron chi connectivity index (χ0n) is 10.1. The first-order valence-corrected chi connectivity index (χ1v) is 5.37. The summed E-state index contributed by atoms with van der Waals surface area (Å²) in [5, 5.41) is 8.58. The van der Waals surface area contributed by atoms with E-state index in [0.717, 1.165) is 18.2 Å². The Hall–Kier alpha value is -1.81. The van der Waals surface area contributed by atoms with Crippen LogP contribution in [0.2, 0.25) is 0 Å². The Bertz CT molecular complexity index is 399. The van der Waals surface area contributed by atoms with Crippen molar-refractivity contribution in [3.63, 3.8) is 0 Å². The van der Waals surface area contributed by atoms with E-state index in [2.05, 4.69) is 0 Å². The third kappa shape index (κ3) is 5.17. The number of hydrogen-bond acceptors (Lipinski definition) is 3. The lowest BCUT2D eigenvalue weighted by Crippen LogP contribution is -2.19. The molecule has 0 unspecified atom stereocenters. The maximum atomic E-state index is 10.5. The van der Waals surface area contributed by atoms with Crippen LogP contribution in [0.1, 0.15) is 5.56 Å². The van der Waals surface area contributed by atoms with Crippen molar-refractivity contribution in [2.75, 3.05) is 27.2 Å². The maximum Gasteiger partial charge on any atom is 0.328 e. The van der Waals surface area contributed by atoms with Crippen LogP contribution in [-0.4, -0.2) is 43.2 Å². The fourth-order valence-electron chi connectivity index (χ4n) is 1.25. The van der Waals surface area contributed by atoms with Gasteiger partial charge in [-0.25, -0.2) is 4.79 Å². The van der Waals surface area contributed by atoms with Crippen molar-refractivity contribution < 1.29 is 14.6 Å². The number of hydrogen-bond donors (Lipinski definition) is 1. The second kappa shape index (κ2) is 6.70. The molecule has 0 spiro atoms. The van der Waals surface area contributed by atoms with E-state index in [1.807, 2.05) is 43.3 Å². The van der Waals surface area contributed by atoms with Gasteiger partial charge in [0.05, 0.1) is 0 Å². The summed E-state index contributed by atoms with van der Waals surface area (Å²) in [4.78, 5) is 12.5. The SMILES string of the molecule is CN(C)CCOc1ccccc1/C=C\C(=O)O. The summed E-state index contributed by atoms with van der Waals surface area (Å²) in [5.41, 5.74) is 0.772. The van der Waals surface area contributed by atoms with Crippen molar-refractivity contribution in [3.05, 3.63) is 35.9 Å². The summed E-state index contributed by atoms with van der Waals surface area (Å²) in [6.07, 6.45) is 2.64. The van der Waals surface area contributed by atoms with Gasteiger partial charge in [-0.3, -0.25) is 0 Å². The second-order valence-corrected chi connectivity index (χ2v) is 3.86. The Morgan fingerprint density at radius 1 is 1.41 bits per heavy atom. The normalized spacial score (nSPS) is 11.0. The van der Waals surface area contributed by atoms with E-state index in [1.165, 1.54) is 6.08 Å². The Morgan fingerprint density at radius 3 is 2.76 bits per heavy atom. The molecular weight excluding hydrogens is 218 g/mol. The Kier molecular flexibility index (Phi) is 5.23. The van der Waals surface area contributed by atoms with Gasteiger partial charge in [0.15, 0.2) is 0 Å². The molecule has 1 aromatic carbocycles. The molecule has 0 atom stereocenters. The molecule has 0 saturated carbocycles. The van der Waals surface area contributed by atoms with E-state index in [-0.39, 0.29) is 0 Å². The molecule has 0 saturated heterocycles. The van der Waals surface area contributed by atoms with Crippen molar-refractivity contribution in [3.8, 4) is 5.75 Å². The molecule has 0 aliphatic rings. The monoisotopic (exact) mass is 235 g/mol. The maximum absolute atomic E-state index is 10.5. The summed E-state index contributed by atoms with van der Waals surface area (Å²) in [7, 11) is 3.94. The first kappa shape index (κ1) is 13.3. The molecule has 0 heterocycles. The van der Waals surface area contributed by atoms with Crippen molar-refractivity contribution in [1.82, 2.24) is 4.90 Å². The molecular formula is C13H17NO3. The van der Waals surface area contributed by atoms with Gasteiger partial charge < -0.3 is 14.7 Å². The summed E-state index contributed by atoms with van der Waals surface area (Å²) >= 11 is 0. The van der Waals surface area contributed by atoms with Gasteiger partial charge in [0.2, 0.25) is 0 Å². The molecule has 92 valence electrons. The average Bonchev–Trinajstić information content (AvgIpc) is 2.27. The number of benzene rings is 1. The molecule has 17 heavy (non-hydrogen) atoms. The Labute approximate surface area is 101 Å². The van der Waals surface area contributed by atoms with E-state index in [1.54, 1.807) is 0 Å². The molecule has 1 aromatic rings. The van der Waals surface area contributed by atoms with Crippen LogP contribution in [0.5, 0.6) is 5.75 Å². The topological polar surface area (TPSA) is 49.8 Å². The molecule has 0 radical (unpaired) electrons. The highest BCUT2D eigenvalue weighted by Gasteiger charge is 2.00. The van der Waals surface area contributed by atoms with Gasteiger partial charge in [-0.2, -0.15) is 0 Å². The quantitative estimate of drug-likeness (QED) is 0.763. The van der Waals surface area contributed by atoms with Crippen LogP contribution in [0.15, 0.2) is 30.3 Å². The van der Waals surface area contributed by atoms with Crippen LogP contribution in [0.25, 0.3) is 6.08 Å². The highest BCUT2D eigenvalue weighted by atomic mass is 16.5. The number of carboxylic acid groups (broad SMARTS) is 1. The third-order valence-electron chi connectivity index (χ3n) is 2.12. The predicted octanol–water partition coefficient (Wildman–Crippen LogP) is 1.72. The largest absolute Gasteiger partial charge is 0.492 e. The minimum atomic E-state index is -0.965. The van der Waals surface area contributed by atoms with Crippen molar-refractivity contribution in [1.29, 1.82) is 0 Å². The first-order chi connectivity index (χ1) is 8.09. The standard InChI is InChI=1S/C13H17NO3/c1-14(2)9-10-17-12-6-4-3-5-11(12)7-8-13(15)16/h3-8H,9-10H2,1-2H3,(H,15,16)/b8-7-. The lowest BCUT2D eigenvalue weighted by Gasteiger charge is -2.12. The summed E-state index contributed by atoms with van der Waals surface area (Å²) in [6.45, 7) is 1.39. The molecule has 4 nitrogen and oxygen atoms in total. The fraction of sp³-hybridized carbons (Fsp3) is 0.308. The van der Waals surface area contributed by atoms with Crippen LogP contribution >= 0.6 is 0 Å². The number of likely N-dealkylation sites (N-methyl/N-ethyl adjacent to an activating group) is 1. The van der Waals surface area contributed by atoms with Gasteiger partial charge in [0, 0.05) is 18.2 Å². The van der Waals surface area contributed by atoms with Gasteiger partial charge in [0.1, 0.15) is 12.4 Å². The Balaban J connectivity index is 2.67. The molecule has 0 aliphatic heterocycles. The van der Waals surface area contributed by atoms with Crippen LogP contribution in [0, 0.1) is 0 Å². The van der Waals surface area contributed by atoms with Gasteiger partial charge >= 0.3 is 5.97 Å². The minimum absolute atomic E-state index is 0.574. The van der Waals surface area contributed by atoms with Crippen LogP contribution in [0.4, 0.5) is 0 Å². The third-order valence-corrected chi connectivity index (χ3v) is 2.12. The number of aliphatic carboxylic acids is 1. The number of nitrogens with zero attached hydrogens (tertiary/aromatic N) is 1. The number of para-hydroxylation sites is 1. The van der Waals surface area contributed by atoms with Crippen molar-refractivity contribution in [2.24, 2.45) is 0 Å². The van der Waals surface area contributed by atoms with Gasteiger partial charge in [-0.1, -0.05) is 18.2 Å². The molecule has 1 rings (SSSR count). The molecule has 0 fully saturated rings. The first-order valence-electron chi connectivity index (χ1n) is 5.37.